The van der Waals surface area contributed by atoms with E-state index in [2.05, 4.69) is 23.1 Å². The van der Waals surface area contributed by atoms with Crippen LogP contribution in [0.2, 0.25) is 0 Å². The molecule has 0 saturated carbocycles. The minimum atomic E-state index is -0.445. The number of hydrogen-bond donors (Lipinski definition) is 3. The number of benzene rings is 1. The predicted octanol–water partition coefficient (Wildman–Crippen LogP) is 3.98. The highest BCUT2D eigenvalue weighted by atomic mass is 16.2. The van der Waals surface area contributed by atoms with Crippen LogP contribution >= 0.6 is 0 Å². The molecule has 0 spiro atoms. The first-order chi connectivity index (χ1) is 10.7. The predicted molar refractivity (Wildman–Crippen MR) is 89.3 cm³/mol. The van der Waals surface area contributed by atoms with E-state index in [1.54, 1.807) is 12.1 Å². The molecule has 0 saturated heterocycles. The van der Waals surface area contributed by atoms with Crippen molar-refractivity contribution in [3.8, 4) is 0 Å². The third-order valence-corrected chi connectivity index (χ3v) is 3.35. The maximum Gasteiger partial charge on any atom is 0.337 e. The van der Waals surface area contributed by atoms with E-state index in [-0.39, 0.29) is 5.91 Å². The van der Waals surface area contributed by atoms with Gasteiger partial charge in [-0.05, 0) is 18.6 Å². The van der Waals surface area contributed by atoms with Crippen molar-refractivity contribution in [3.63, 3.8) is 0 Å². The highest BCUT2D eigenvalue weighted by Gasteiger charge is 2.04. The summed E-state index contributed by atoms with van der Waals surface area (Å²) in [6.07, 6.45) is 8.61. The van der Waals surface area contributed by atoms with Crippen LogP contribution in [0.25, 0.3) is 0 Å². The van der Waals surface area contributed by atoms with Crippen molar-refractivity contribution in [1.82, 2.24) is 10.9 Å². The zero-order valence-corrected chi connectivity index (χ0v) is 13.4. The van der Waals surface area contributed by atoms with Crippen molar-refractivity contribution >= 4 is 17.6 Å². The summed E-state index contributed by atoms with van der Waals surface area (Å²) in [5.41, 5.74) is 5.44. The molecule has 0 aliphatic rings. The third kappa shape index (κ3) is 9.00. The van der Waals surface area contributed by atoms with E-state index >= 15 is 0 Å². The topological polar surface area (TPSA) is 70.2 Å². The zero-order valence-electron chi connectivity index (χ0n) is 13.4. The first kappa shape index (κ1) is 18.0. The second kappa shape index (κ2) is 11.6. The Bertz CT molecular complexity index is 435. The molecule has 1 aromatic rings. The molecule has 3 N–H and O–H groups in total. The Morgan fingerprint density at radius 1 is 0.864 bits per heavy atom. The van der Waals surface area contributed by atoms with Gasteiger partial charge in [-0.3, -0.25) is 10.2 Å². The van der Waals surface area contributed by atoms with Gasteiger partial charge in [0.05, 0.1) is 0 Å². The van der Waals surface area contributed by atoms with Crippen molar-refractivity contribution < 1.29 is 9.59 Å². The molecule has 0 heterocycles. The third-order valence-electron chi connectivity index (χ3n) is 3.35. The van der Waals surface area contributed by atoms with Crippen LogP contribution in [0.1, 0.15) is 58.3 Å². The Kier molecular flexibility index (Phi) is 9.50. The molecule has 1 aromatic carbocycles. The number of carbonyl (C=O) groups excluding carboxylic acids is 2. The number of para-hydroxylation sites is 1. The summed E-state index contributed by atoms with van der Waals surface area (Å²) in [7, 11) is 0. The molecule has 5 nitrogen and oxygen atoms in total. The molecular formula is C17H27N3O2. The van der Waals surface area contributed by atoms with Gasteiger partial charge < -0.3 is 5.32 Å². The van der Waals surface area contributed by atoms with E-state index < -0.39 is 6.03 Å². The summed E-state index contributed by atoms with van der Waals surface area (Å²) in [4.78, 5) is 23.1. The van der Waals surface area contributed by atoms with Gasteiger partial charge >= 0.3 is 6.03 Å². The van der Waals surface area contributed by atoms with E-state index in [9.17, 15) is 9.59 Å². The summed E-state index contributed by atoms with van der Waals surface area (Å²) in [5, 5.41) is 2.63. The van der Waals surface area contributed by atoms with Gasteiger partial charge in [0.15, 0.2) is 0 Å². The summed E-state index contributed by atoms with van der Waals surface area (Å²) in [5.74, 6) is -0.156. The van der Waals surface area contributed by atoms with Gasteiger partial charge in [-0.1, -0.05) is 63.6 Å². The SMILES string of the molecule is CCCCCCCCCC(=O)NNC(=O)Nc1ccccc1. The highest BCUT2D eigenvalue weighted by Crippen LogP contribution is 2.08. The molecule has 0 aliphatic carbocycles. The molecule has 0 fully saturated rings. The van der Waals surface area contributed by atoms with Crippen LogP contribution in [0.4, 0.5) is 10.5 Å². The van der Waals surface area contributed by atoms with Crippen molar-refractivity contribution in [1.29, 1.82) is 0 Å². The molecule has 3 amide bonds. The molecule has 5 heteroatoms. The molecule has 0 atom stereocenters. The monoisotopic (exact) mass is 305 g/mol. The standard InChI is InChI=1S/C17H27N3O2/c1-2-3-4-5-6-7-11-14-16(21)19-20-17(22)18-15-12-9-8-10-13-15/h8-10,12-13H,2-7,11,14H2,1H3,(H,19,21)(H2,18,20,22). The summed E-state index contributed by atoms with van der Waals surface area (Å²) < 4.78 is 0. The molecule has 122 valence electrons. The van der Waals surface area contributed by atoms with Crippen LogP contribution in [0.3, 0.4) is 0 Å². The van der Waals surface area contributed by atoms with Gasteiger partial charge in [-0.15, -0.1) is 0 Å². The second-order valence-electron chi connectivity index (χ2n) is 5.36. The van der Waals surface area contributed by atoms with Crippen LogP contribution in [0, 0.1) is 0 Å². The fraction of sp³-hybridized carbons (Fsp3) is 0.529. The summed E-state index contributed by atoms with van der Waals surface area (Å²) >= 11 is 0. The van der Waals surface area contributed by atoms with Crippen LogP contribution < -0.4 is 16.2 Å². The Labute approximate surface area is 132 Å². The van der Waals surface area contributed by atoms with Crippen molar-refractivity contribution in [2.24, 2.45) is 0 Å². The lowest BCUT2D eigenvalue weighted by molar-refractivity contribution is -0.121. The van der Waals surface area contributed by atoms with Crippen LogP contribution in [-0.2, 0) is 4.79 Å². The number of hydrazine groups is 1. The number of carbonyl (C=O) groups is 2. The maximum absolute atomic E-state index is 11.6. The normalized spacial score (nSPS) is 10.0. The lowest BCUT2D eigenvalue weighted by Crippen LogP contribution is -2.43. The van der Waals surface area contributed by atoms with Gasteiger partial charge in [-0.25, -0.2) is 10.2 Å². The van der Waals surface area contributed by atoms with E-state index in [0.29, 0.717) is 12.1 Å². The lowest BCUT2D eigenvalue weighted by atomic mass is 10.1. The minimum Gasteiger partial charge on any atom is -0.307 e. The smallest absolute Gasteiger partial charge is 0.307 e. The van der Waals surface area contributed by atoms with E-state index in [1.165, 1.54) is 32.1 Å². The number of nitrogens with one attached hydrogen (secondary N) is 3. The Morgan fingerprint density at radius 2 is 1.50 bits per heavy atom. The minimum absolute atomic E-state index is 0.156. The first-order valence-corrected chi connectivity index (χ1v) is 8.13. The largest absolute Gasteiger partial charge is 0.337 e. The van der Waals surface area contributed by atoms with Crippen molar-refractivity contribution in [3.05, 3.63) is 30.3 Å². The fourth-order valence-electron chi connectivity index (χ4n) is 2.12. The molecule has 22 heavy (non-hydrogen) atoms. The van der Waals surface area contributed by atoms with Crippen LogP contribution in [0.5, 0.6) is 0 Å². The van der Waals surface area contributed by atoms with Gasteiger partial charge in [0.1, 0.15) is 0 Å². The Hall–Kier alpha value is -2.04. The molecule has 0 bridgehead atoms. The van der Waals surface area contributed by atoms with E-state index in [1.807, 2.05) is 18.2 Å². The highest BCUT2D eigenvalue weighted by molar-refractivity contribution is 5.90. The average Bonchev–Trinajstić information content (AvgIpc) is 2.53. The van der Waals surface area contributed by atoms with Gasteiger partial charge in [0, 0.05) is 12.1 Å². The van der Waals surface area contributed by atoms with Crippen molar-refractivity contribution in [2.45, 2.75) is 58.3 Å². The molecule has 1 rings (SSSR count). The second-order valence-corrected chi connectivity index (χ2v) is 5.36. The van der Waals surface area contributed by atoms with Gasteiger partial charge in [-0.2, -0.15) is 0 Å². The molecule has 0 aromatic heterocycles. The van der Waals surface area contributed by atoms with Gasteiger partial charge in [0.25, 0.3) is 0 Å². The molecule has 0 radical (unpaired) electrons. The summed E-state index contributed by atoms with van der Waals surface area (Å²) in [6.45, 7) is 2.20. The Morgan fingerprint density at radius 3 is 2.18 bits per heavy atom. The average molecular weight is 305 g/mol. The Balaban J connectivity index is 2.02. The number of amides is 3. The number of rotatable bonds is 9. The fourth-order valence-corrected chi connectivity index (χ4v) is 2.12. The number of anilines is 1. The zero-order chi connectivity index (χ0) is 16.0. The van der Waals surface area contributed by atoms with E-state index in [4.69, 9.17) is 0 Å². The molecular weight excluding hydrogens is 278 g/mol. The lowest BCUT2D eigenvalue weighted by Gasteiger charge is -2.08. The molecule has 0 unspecified atom stereocenters. The maximum atomic E-state index is 11.6. The number of hydrogen-bond acceptors (Lipinski definition) is 2. The van der Waals surface area contributed by atoms with Crippen LogP contribution in [0.15, 0.2) is 30.3 Å². The van der Waals surface area contributed by atoms with E-state index in [0.717, 1.165) is 12.8 Å². The first-order valence-electron chi connectivity index (χ1n) is 8.13. The van der Waals surface area contributed by atoms with Crippen molar-refractivity contribution in [2.75, 3.05) is 5.32 Å². The molecule has 0 aliphatic heterocycles. The van der Waals surface area contributed by atoms with Crippen LogP contribution in [-0.4, -0.2) is 11.9 Å². The number of urea groups is 1. The quantitative estimate of drug-likeness (QED) is 0.477. The summed E-state index contributed by atoms with van der Waals surface area (Å²) in [6, 6.07) is 8.63. The number of unbranched alkanes of at least 4 members (excludes halogenated alkanes) is 6. The van der Waals surface area contributed by atoms with Gasteiger partial charge in [0.2, 0.25) is 5.91 Å².